The standard InChI is InChI=1S/C24H15F3N2O5S/c25-24(26,27)35(30,31)34-18-11-5-4-10-17(18)23-28-21(19-12-6-14-32-19)22(20-13-7-15-33-20)29(23)16-8-2-1-3-9-16/h1-15H. The van der Waals surface area contributed by atoms with E-state index in [4.69, 9.17) is 8.83 Å². The maximum absolute atomic E-state index is 13.1. The maximum atomic E-state index is 13.1. The summed E-state index contributed by atoms with van der Waals surface area (Å²) in [5, 5.41) is 0. The van der Waals surface area contributed by atoms with Gasteiger partial charge in [-0.2, -0.15) is 21.6 Å². The average molecular weight is 500 g/mol. The highest BCUT2D eigenvalue weighted by molar-refractivity contribution is 7.88. The molecule has 2 aromatic carbocycles. The van der Waals surface area contributed by atoms with Gasteiger partial charge in [0.05, 0.1) is 18.1 Å². The number of benzene rings is 2. The minimum Gasteiger partial charge on any atom is -0.463 e. The number of para-hydroxylation sites is 2. The molecule has 0 saturated carbocycles. The van der Waals surface area contributed by atoms with E-state index in [0.29, 0.717) is 28.6 Å². The van der Waals surface area contributed by atoms with E-state index in [1.165, 1.54) is 30.7 Å². The highest BCUT2D eigenvalue weighted by Gasteiger charge is 2.49. The molecule has 0 unspecified atom stereocenters. The lowest BCUT2D eigenvalue weighted by molar-refractivity contribution is -0.0499. The van der Waals surface area contributed by atoms with Crippen molar-refractivity contribution in [3.8, 4) is 45.7 Å². The van der Waals surface area contributed by atoms with Crippen molar-refractivity contribution in [2.24, 2.45) is 0 Å². The second kappa shape index (κ2) is 8.51. The predicted molar refractivity (Wildman–Crippen MR) is 120 cm³/mol. The number of hydrogen-bond donors (Lipinski definition) is 0. The summed E-state index contributed by atoms with van der Waals surface area (Å²) in [7, 11) is -5.92. The molecule has 11 heteroatoms. The number of furan rings is 2. The van der Waals surface area contributed by atoms with Gasteiger partial charge in [0.15, 0.2) is 17.3 Å². The van der Waals surface area contributed by atoms with E-state index in [2.05, 4.69) is 9.17 Å². The highest BCUT2D eigenvalue weighted by Crippen LogP contribution is 2.42. The molecule has 5 rings (SSSR count). The molecule has 178 valence electrons. The fourth-order valence-corrected chi connectivity index (χ4v) is 4.02. The van der Waals surface area contributed by atoms with Crippen LogP contribution in [0.2, 0.25) is 0 Å². The van der Waals surface area contributed by atoms with Crippen LogP contribution in [-0.4, -0.2) is 23.5 Å². The molecule has 0 aliphatic carbocycles. The first-order chi connectivity index (χ1) is 16.8. The molecule has 35 heavy (non-hydrogen) atoms. The van der Waals surface area contributed by atoms with Crippen molar-refractivity contribution in [2.75, 3.05) is 0 Å². The Bertz CT molecular complexity index is 1560. The van der Waals surface area contributed by atoms with Crippen molar-refractivity contribution in [3.05, 3.63) is 91.4 Å². The van der Waals surface area contributed by atoms with E-state index < -0.39 is 21.4 Å². The van der Waals surface area contributed by atoms with E-state index in [1.807, 2.05) is 0 Å². The molecule has 0 fully saturated rings. The zero-order valence-electron chi connectivity index (χ0n) is 17.6. The molecule has 0 spiro atoms. The normalized spacial score (nSPS) is 12.1. The second-order valence-electron chi connectivity index (χ2n) is 7.24. The Morgan fingerprint density at radius 3 is 2.06 bits per heavy atom. The summed E-state index contributed by atoms with van der Waals surface area (Å²) in [5.41, 5.74) is -4.23. The molecular formula is C24H15F3N2O5S. The van der Waals surface area contributed by atoms with Crippen molar-refractivity contribution in [1.29, 1.82) is 0 Å². The van der Waals surface area contributed by atoms with Gasteiger partial charge < -0.3 is 13.0 Å². The molecule has 0 atom stereocenters. The van der Waals surface area contributed by atoms with Crippen LogP contribution >= 0.6 is 0 Å². The van der Waals surface area contributed by atoms with E-state index in [9.17, 15) is 21.6 Å². The van der Waals surface area contributed by atoms with Gasteiger partial charge in [-0.3, -0.25) is 4.57 Å². The molecule has 3 aromatic heterocycles. The minimum absolute atomic E-state index is 0.00907. The summed E-state index contributed by atoms with van der Waals surface area (Å²) in [4.78, 5) is 4.66. The Kier molecular flexibility index (Phi) is 5.48. The van der Waals surface area contributed by atoms with Gasteiger partial charge in [-0.05, 0) is 48.5 Å². The first-order valence-corrected chi connectivity index (χ1v) is 11.5. The van der Waals surface area contributed by atoms with Crippen molar-refractivity contribution in [1.82, 2.24) is 9.55 Å². The lowest BCUT2D eigenvalue weighted by Crippen LogP contribution is -2.28. The monoisotopic (exact) mass is 500 g/mol. The Balaban J connectivity index is 1.82. The third kappa shape index (κ3) is 4.10. The minimum atomic E-state index is -5.92. The summed E-state index contributed by atoms with van der Waals surface area (Å²) in [6.45, 7) is 0. The average Bonchev–Trinajstić information content (AvgIpc) is 3.59. The van der Waals surface area contributed by atoms with Crippen LogP contribution in [-0.2, 0) is 10.1 Å². The number of aromatic nitrogens is 2. The van der Waals surface area contributed by atoms with Crippen LogP contribution < -0.4 is 4.18 Å². The molecule has 0 N–H and O–H groups in total. The second-order valence-corrected chi connectivity index (χ2v) is 8.78. The van der Waals surface area contributed by atoms with E-state index in [0.717, 1.165) is 6.07 Å². The molecular weight excluding hydrogens is 485 g/mol. The third-order valence-electron chi connectivity index (χ3n) is 5.01. The number of rotatable bonds is 6. The first-order valence-electron chi connectivity index (χ1n) is 10.1. The lowest BCUT2D eigenvalue weighted by atomic mass is 10.1. The number of alkyl halides is 3. The summed E-state index contributed by atoms with van der Waals surface area (Å²) in [6.07, 6.45) is 2.92. The smallest absolute Gasteiger partial charge is 0.463 e. The largest absolute Gasteiger partial charge is 0.534 e. The van der Waals surface area contributed by atoms with Gasteiger partial charge in [-0.25, -0.2) is 4.98 Å². The highest BCUT2D eigenvalue weighted by atomic mass is 32.2. The maximum Gasteiger partial charge on any atom is 0.534 e. The van der Waals surface area contributed by atoms with Gasteiger partial charge >= 0.3 is 15.6 Å². The zero-order valence-corrected chi connectivity index (χ0v) is 18.5. The predicted octanol–water partition coefficient (Wildman–Crippen LogP) is 6.29. The van der Waals surface area contributed by atoms with Crippen LogP contribution in [0.3, 0.4) is 0 Å². The Morgan fingerprint density at radius 1 is 0.800 bits per heavy atom. The lowest BCUT2D eigenvalue weighted by Gasteiger charge is -2.15. The fraction of sp³-hybridized carbons (Fsp3) is 0.0417. The molecule has 0 aliphatic rings. The molecule has 0 bridgehead atoms. The molecule has 0 amide bonds. The van der Waals surface area contributed by atoms with Gasteiger partial charge in [0.2, 0.25) is 0 Å². The Morgan fingerprint density at radius 2 is 1.43 bits per heavy atom. The van der Waals surface area contributed by atoms with Crippen molar-refractivity contribution in [2.45, 2.75) is 5.51 Å². The van der Waals surface area contributed by atoms with Crippen molar-refractivity contribution >= 4 is 10.1 Å². The van der Waals surface area contributed by atoms with E-state index in [1.54, 1.807) is 59.2 Å². The van der Waals surface area contributed by atoms with Crippen molar-refractivity contribution < 1.29 is 34.6 Å². The molecule has 0 radical (unpaired) electrons. The molecule has 5 aromatic rings. The third-order valence-corrected chi connectivity index (χ3v) is 5.98. The molecule has 3 heterocycles. The topological polar surface area (TPSA) is 87.5 Å². The molecule has 0 saturated heterocycles. The van der Waals surface area contributed by atoms with Crippen LogP contribution in [0, 0.1) is 0 Å². The van der Waals surface area contributed by atoms with Gasteiger partial charge in [-0.1, -0.05) is 30.3 Å². The summed E-state index contributed by atoms with van der Waals surface area (Å²) in [6, 6.07) is 21.0. The van der Waals surface area contributed by atoms with Crippen LogP contribution in [0.5, 0.6) is 5.75 Å². The van der Waals surface area contributed by atoms with E-state index in [-0.39, 0.29) is 11.4 Å². The Hall–Kier alpha value is -4.25. The van der Waals surface area contributed by atoms with E-state index >= 15 is 0 Å². The molecule has 0 aliphatic heterocycles. The number of hydrogen-bond acceptors (Lipinski definition) is 6. The summed E-state index contributed by atoms with van der Waals surface area (Å²) >= 11 is 0. The van der Waals surface area contributed by atoms with Gasteiger partial charge in [-0.15, -0.1) is 0 Å². The summed E-state index contributed by atoms with van der Waals surface area (Å²) < 4.78 is 80.2. The van der Waals surface area contributed by atoms with Gasteiger partial charge in [0, 0.05) is 5.69 Å². The van der Waals surface area contributed by atoms with Gasteiger partial charge in [0.25, 0.3) is 0 Å². The fourth-order valence-electron chi connectivity index (χ4n) is 3.54. The van der Waals surface area contributed by atoms with Gasteiger partial charge in [0.1, 0.15) is 17.2 Å². The van der Waals surface area contributed by atoms with Crippen LogP contribution in [0.25, 0.3) is 40.0 Å². The number of imidazole rings is 1. The first kappa shape index (κ1) is 22.5. The number of nitrogens with zero attached hydrogens (tertiary/aromatic N) is 2. The van der Waals surface area contributed by atoms with Crippen molar-refractivity contribution in [3.63, 3.8) is 0 Å². The Labute approximate surface area is 197 Å². The SMILES string of the molecule is O=S(=O)(Oc1ccccc1-c1nc(-c2ccco2)c(-c2ccco2)n1-c1ccccc1)C(F)(F)F. The van der Waals surface area contributed by atoms with Crippen LogP contribution in [0.1, 0.15) is 0 Å². The quantitative estimate of drug-likeness (QED) is 0.201. The zero-order chi connectivity index (χ0) is 24.6. The summed E-state index contributed by atoms with van der Waals surface area (Å²) in [5.74, 6) is 0.347. The van der Waals surface area contributed by atoms with Crippen LogP contribution in [0.15, 0.2) is 100 Å². The van der Waals surface area contributed by atoms with Crippen LogP contribution in [0.4, 0.5) is 13.2 Å². The number of halogens is 3. The molecule has 7 nitrogen and oxygen atoms in total.